The lowest BCUT2D eigenvalue weighted by molar-refractivity contribution is -0.138. The molecule has 1 rings (SSSR count). The number of hydrogen-bond acceptors (Lipinski definition) is 3. The maximum Gasteiger partial charge on any atom is 0.303 e. The number of para-hydroxylation sites is 1. The number of hydrogen-bond donors (Lipinski definition) is 2. The lowest BCUT2D eigenvalue weighted by Gasteiger charge is -2.06. The van der Waals surface area contributed by atoms with Gasteiger partial charge < -0.3 is 15.2 Å². The zero-order chi connectivity index (χ0) is 12.5. The highest BCUT2D eigenvalue weighted by Crippen LogP contribution is 2.07. The third kappa shape index (κ3) is 6.19. The van der Waals surface area contributed by atoms with Crippen LogP contribution in [0.25, 0.3) is 0 Å². The van der Waals surface area contributed by atoms with E-state index in [1.54, 1.807) is 0 Å². The molecule has 0 aliphatic carbocycles. The second-order valence-corrected chi connectivity index (χ2v) is 3.41. The summed E-state index contributed by atoms with van der Waals surface area (Å²) in [6, 6.07) is 9.26. The molecule has 0 saturated heterocycles. The van der Waals surface area contributed by atoms with Crippen molar-refractivity contribution in [1.82, 2.24) is 5.32 Å². The van der Waals surface area contributed by atoms with Crippen molar-refractivity contribution in [2.24, 2.45) is 0 Å². The molecule has 2 N–H and O–H groups in total. The quantitative estimate of drug-likeness (QED) is 0.695. The third-order valence-corrected chi connectivity index (χ3v) is 2.00. The Labute approximate surface area is 99.4 Å². The second kappa shape index (κ2) is 7.27. The number of aliphatic carboxylic acids is 1. The van der Waals surface area contributed by atoms with E-state index in [0.29, 0.717) is 13.2 Å². The molecule has 0 radical (unpaired) electrons. The van der Waals surface area contributed by atoms with E-state index in [2.05, 4.69) is 5.32 Å². The van der Waals surface area contributed by atoms with Crippen molar-refractivity contribution in [3.05, 3.63) is 30.3 Å². The van der Waals surface area contributed by atoms with Crippen LogP contribution in [0, 0.1) is 0 Å². The van der Waals surface area contributed by atoms with Crippen molar-refractivity contribution in [3.63, 3.8) is 0 Å². The van der Waals surface area contributed by atoms with E-state index >= 15 is 0 Å². The molecule has 0 aliphatic heterocycles. The molecular formula is C12H15NO4. The van der Waals surface area contributed by atoms with Gasteiger partial charge in [0.25, 0.3) is 0 Å². The summed E-state index contributed by atoms with van der Waals surface area (Å²) in [5.41, 5.74) is 0. The van der Waals surface area contributed by atoms with E-state index < -0.39 is 5.97 Å². The lowest BCUT2D eigenvalue weighted by Crippen LogP contribution is -2.28. The standard InChI is InChI=1S/C12H15NO4/c14-11(6-7-12(15)16)13-8-9-17-10-4-2-1-3-5-10/h1-5H,6-9H2,(H,13,14)(H,15,16). The molecule has 1 amide bonds. The Morgan fingerprint density at radius 3 is 2.53 bits per heavy atom. The van der Waals surface area contributed by atoms with E-state index in [4.69, 9.17) is 9.84 Å². The highest BCUT2D eigenvalue weighted by molar-refractivity contribution is 5.80. The molecule has 17 heavy (non-hydrogen) atoms. The molecule has 0 bridgehead atoms. The number of ether oxygens (including phenoxy) is 1. The first-order valence-corrected chi connectivity index (χ1v) is 5.35. The molecule has 0 saturated carbocycles. The van der Waals surface area contributed by atoms with Crippen molar-refractivity contribution in [2.75, 3.05) is 13.2 Å². The normalized spacial score (nSPS) is 9.65. The van der Waals surface area contributed by atoms with Crippen molar-refractivity contribution < 1.29 is 19.4 Å². The zero-order valence-electron chi connectivity index (χ0n) is 9.39. The fourth-order valence-electron chi connectivity index (χ4n) is 1.18. The van der Waals surface area contributed by atoms with Crippen LogP contribution >= 0.6 is 0 Å². The van der Waals surface area contributed by atoms with Crippen LogP contribution in [0.2, 0.25) is 0 Å². The Balaban J connectivity index is 2.08. The van der Waals surface area contributed by atoms with Gasteiger partial charge in [-0.1, -0.05) is 18.2 Å². The molecule has 1 aromatic carbocycles. The first kappa shape index (κ1) is 13.0. The molecule has 5 heteroatoms. The van der Waals surface area contributed by atoms with Gasteiger partial charge in [0, 0.05) is 6.42 Å². The molecular weight excluding hydrogens is 222 g/mol. The Hall–Kier alpha value is -2.04. The average Bonchev–Trinajstić information content (AvgIpc) is 2.33. The molecule has 1 aromatic rings. The zero-order valence-corrected chi connectivity index (χ0v) is 9.39. The predicted octanol–water partition coefficient (Wildman–Crippen LogP) is 1.05. The molecule has 0 atom stereocenters. The summed E-state index contributed by atoms with van der Waals surface area (Å²) >= 11 is 0. The summed E-state index contributed by atoms with van der Waals surface area (Å²) in [5, 5.41) is 11.0. The third-order valence-electron chi connectivity index (χ3n) is 2.00. The smallest absolute Gasteiger partial charge is 0.303 e. The average molecular weight is 237 g/mol. The van der Waals surface area contributed by atoms with Gasteiger partial charge in [-0.25, -0.2) is 0 Å². The number of carboxylic acids is 1. The number of benzene rings is 1. The van der Waals surface area contributed by atoms with Crippen molar-refractivity contribution >= 4 is 11.9 Å². The number of carbonyl (C=O) groups excluding carboxylic acids is 1. The van der Waals surface area contributed by atoms with E-state index in [1.165, 1.54) is 0 Å². The van der Waals surface area contributed by atoms with Crippen LogP contribution in [-0.2, 0) is 9.59 Å². The molecule has 92 valence electrons. The summed E-state index contributed by atoms with van der Waals surface area (Å²) < 4.78 is 5.35. The largest absolute Gasteiger partial charge is 0.492 e. The van der Waals surface area contributed by atoms with Gasteiger partial charge in [0.15, 0.2) is 0 Å². The molecule has 0 fully saturated rings. The van der Waals surface area contributed by atoms with Gasteiger partial charge in [0.05, 0.1) is 13.0 Å². The molecule has 0 aromatic heterocycles. The SMILES string of the molecule is O=C(O)CCC(=O)NCCOc1ccccc1. The van der Waals surface area contributed by atoms with Crippen LogP contribution < -0.4 is 10.1 Å². The Morgan fingerprint density at radius 2 is 1.88 bits per heavy atom. The minimum absolute atomic E-state index is 0.000665. The summed E-state index contributed by atoms with van der Waals surface area (Å²) in [6.07, 6.45) is -0.147. The van der Waals surface area contributed by atoms with Crippen LogP contribution in [-0.4, -0.2) is 30.1 Å². The Bertz CT molecular complexity index is 364. The molecule has 0 spiro atoms. The van der Waals surface area contributed by atoms with E-state index in [-0.39, 0.29) is 18.7 Å². The topological polar surface area (TPSA) is 75.6 Å². The summed E-state index contributed by atoms with van der Waals surface area (Å²) in [6.45, 7) is 0.732. The number of rotatable bonds is 7. The summed E-state index contributed by atoms with van der Waals surface area (Å²) in [5.74, 6) is -0.503. The lowest BCUT2D eigenvalue weighted by atomic mass is 10.3. The van der Waals surface area contributed by atoms with Gasteiger partial charge in [-0.05, 0) is 12.1 Å². The van der Waals surface area contributed by atoms with Crippen LogP contribution in [0.5, 0.6) is 5.75 Å². The van der Waals surface area contributed by atoms with Gasteiger partial charge in [0.1, 0.15) is 12.4 Å². The van der Waals surface area contributed by atoms with E-state index in [1.807, 2.05) is 30.3 Å². The molecule has 5 nitrogen and oxygen atoms in total. The van der Waals surface area contributed by atoms with Gasteiger partial charge in [0.2, 0.25) is 5.91 Å². The van der Waals surface area contributed by atoms with Gasteiger partial charge >= 0.3 is 5.97 Å². The maximum absolute atomic E-state index is 11.1. The van der Waals surface area contributed by atoms with Crippen molar-refractivity contribution in [2.45, 2.75) is 12.8 Å². The van der Waals surface area contributed by atoms with E-state index in [9.17, 15) is 9.59 Å². The van der Waals surface area contributed by atoms with Crippen LogP contribution in [0.1, 0.15) is 12.8 Å². The van der Waals surface area contributed by atoms with Crippen LogP contribution in [0.4, 0.5) is 0 Å². The Morgan fingerprint density at radius 1 is 1.18 bits per heavy atom. The van der Waals surface area contributed by atoms with Crippen LogP contribution in [0.15, 0.2) is 30.3 Å². The van der Waals surface area contributed by atoms with Crippen molar-refractivity contribution in [1.29, 1.82) is 0 Å². The second-order valence-electron chi connectivity index (χ2n) is 3.41. The highest BCUT2D eigenvalue weighted by atomic mass is 16.5. The molecule has 0 heterocycles. The van der Waals surface area contributed by atoms with Crippen LogP contribution in [0.3, 0.4) is 0 Å². The first-order valence-electron chi connectivity index (χ1n) is 5.35. The predicted molar refractivity (Wildman–Crippen MR) is 61.8 cm³/mol. The minimum Gasteiger partial charge on any atom is -0.492 e. The number of carboxylic acid groups (broad SMARTS) is 1. The summed E-state index contributed by atoms with van der Waals surface area (Å²) in [4.78, 5) is 21.3. The first-order chi connectivity index (χ1) is 8.18. The summed E-state index contributed by atoms with van der Waals surface area (Å²) in [7, 11) is 0. The van der Waals surface area contributed by atoms with Crippen molar-refractivity contribution in [3.8, 4) is 5.75 Å². The molecule has 0 unspecified atom stereocenters. The monoisotopic (exact) mass is 237 g/mol. The van der Waals surface area contributed by atoms with Gasteiger partial charge in [-0.15, -0.1) is 0 Å². The number of carbonyl (C=O) groups is 2. The fourth-order valence-corrected chi connectivity index (χ4v) is 1.18. The number of amides is 1. The molecule has 0 aliphatic rings. The Kier molecular flexibility index (Phi) is 5.57. The minimum atomic E-state index is -0.972. The highest BCUT2D eigenvalue weighted by Gasteiger charge is 2.04. The van der Waals surface area contributed by atoms with Gasteiger partial charge in [-0.2, -0.15) is 0 Å². The van der Waals surface area contributed by atoms with Gasteiger partial charge in [-0.3, -0.25) is 9.59 Å². The number of nitrogens with one attached hydrogen (secondary N) is 1. The fraction of sp³-hybridized carbons (Fsp3) is 0.333. The maximum atomic E-state index is 11.1. The van der Waals surface area contributed by atoms with E-state index in [0.717, 1.165) is 5.75 Å².